The van der Waals surface area contributed by atoms with Crippen LogP contribution < -0.4 is 10.1 Å². The molecule has 0 bridgehead atoms. The first-order chi connectivity index (χ1) is 9.86. The highest BCUT2D eigenvalue weighted by Gasteiger charge is 2.24. The Kier molecular flexibility index (Phi) is 4.28. The maximum Gasteiger partial charge on any atom is 0.120 e. The Bertz CT molecular complexity index is 540. The fourth-order valence-corrected chi connectivity index (χ4v) is 2.73. The number of nitrogens with one attached hydrogen (secondary N) is 1. The van der Waals surface area contributed by atoms with E-state index in [-0.39, 0.29) is 6.04 Å². The van der Waals surface area contributed by atoms with E-state index in [9.17, 15) is 0 Å². The van der Waals surface area contributed by atoms with E-state index in [2.05, 4.69) is 40.0 Å². The highest BCUT2D eigenvalue weighted by Crippen LogP contribution is 2.30. The lowest BCUT2D eigenvalue weighted by molar-refractivity contribution is 0.302. The maximum absolute atomic E-state index is 5.88. The molecule has 0 saturated heterocycles. The van der Waals surface area contributed by atoms with Gasteiger partial charge in [-0.1, -0.05) is 23.5 Å². The molecule has 1 atom stereocenters. The average molecular weight is 289 g/mol. The minimum Gasteiger partial charge on any atom is -0.490 e. The van der Waals surface area contributed by atoms with Crippen molar-refractivity contribution >= 4 is 11.5 Å². The molecular weight excluding hydrogens is 270 g/mol. The minimum absolute atomic E-state index is 0.151. The second-order valence-electron chi connectivity index (χ2n) is 5.10. The second-order valence-corrected chi connectivity index (χ2v) is 5.91. The molecule has 20 heavy (non-hydrogen) atoms. The molecular formula is C15H19N3OS. The van der Waals surface area contributed by atoms with E-state index in [1.54, 1.807) is 0 Å². The van der Waals surface area contributed by atoms with Crippen molar-refractivity contribution in [1.82, 2.24) is 14.9 Å². The number of nitrogens with zero attached hydrogens (tertiary/aromatic N) is 2. The van der Waals surface area contributed by atoms with Crippen LogP contribution in [0, 0.1) is 0 Å². The van der Waals surface area contributed by atoms with Gasteiger partial charge in [0.2, 0.25) is 0 Å². The van der Waals surface area contributed by atoms with E-state index in [4.69, 9.17) is 4.74 Å². The van der Waals surface area contributed by atoms with Gasteiger partial charge in [0, 0.05) is 0 Å². The third-order valence-electron chi connectivity index (χ3n) is 3.28. The average Bonchev–Trinajstić information content (AvgIpc) is 3.11. The topological polar surface area (TPSA) is 47.0 Å². The minimum atomic E-state index is 0.151. The van der Waals surface area contributed by atoms with Crippen molar-refractivity contribution in [2.75, 3.05) is 6.54 Å². The Morgan fingerprint density at radius 1 is 1.45 bits per heavy atom. The lowest BCUT2D eigenvalue weighted by Crippen LogP contribution is -2.22. The number of hydrogen-bond acceptors (Lipinski definition) is 5. The zero-order chi connectivity index (χ0) is 13.8. The summed E-state index contributed by atoms with van der Waals surface area (Å²) < 4.78 is 9.86. The molecule has 4 nitrogen and oxygen atoms in total. The third kappa shape index (κ3) is 3.35. The van der Waals surface area contributed by atoms with Gasteiger partial charge in [-0.15, -0.1) is 5.10 Å². The molecule has 3 rings (SSSR count). The van der Waals surface area contributed by atoms with Crippen molar-refractivity contribution in [2.24, 2.45) is 0 Å². The first-order valence-electron chi connectivity index (χ1n) is 7.14. The smallest absolute Gasteiger partial charge is 0.120 e. The number of hydrogen-bond donors (Lipinski definition) is 1. The number of aromatic nitrogens is 2. The van der Waals surface area contributed by atoms with Crippen LogP contribution in [0.1, 0.15) is 42.7 Å². The largest absolute Gasteiger partial charge is 0.490 e. The van der Waals surface area contributed by atoms with Gasteiger partial charge in [0.15, 0.2) is 0 Å². The van der Waals surface area contributed by atoms with E-state index in [0.717, 1.165) is 23.6 Å². The van der Waals surface area contributed by atoms with Crippen LogP contribution >= 0.6 is 11.5 Å². The molecule has 1 N–H and O–H groups in total. The van der Waals surface area contributed by atoms with Crippen LogP contribution in [0.5, 0.6) is 5.75 Å². The van der Waals surface area contributed by atoms with Crippen molar-refractivity contribution in [3.63, 3.8) is 0 Å². The van der Waals surface area contributed by atoms with Gasteiger partial charge in [-0.25, -0.2) is 0 Å². The molecule has 1 unspecified atom stereocenters. The molecule has 1 aromatic heterocycles. The lowest BCUT2D eigenvalue weighted by Gasteiger charge is -2.17. The second kappa shape index (κ2) is 6.33. The van der Waals surface area contributed by atoms with Crippen LogP contribution in [0.25, 0.3) is 0 Å². The van der Waals surface area contributed by atoms with Crippen LogP contribution in [0.3, 0.4) is 0 Å². The first kappa shape index (κ1) is 13.5. The van der Waals surface area contributed by atoms with Gasteiger partial charge in [-0.2, -0.15) is 0 Å². The lowest BCUT2D eigenvalue weighted by atomic mass is 10.1. The van der Waals surface area contributed by atoms with Crippen LogP contribution in [0.2, 0.25) is 0 Å². The van der Waals surface area contributed by atoms with Crippen LogP contribution in [0.4, 0.5) is 0 Å². The summed E-state index contributed by atoms with van der Waals surface area (Å²) in [5, 5.41) is 7.51. The monoisotopic (exact) mass is 289 g/mol. The summed E-state index contributed by atoms with van der Waals surface area (Å²) in [6.45, 7) is 3.14. The first-order valence-corrected chi connectivity index (χ1v) is 7.91. The number of ether oxygens (including phenoxy) is 1. The molecule has 1 fully saturated rings. The summed E-state index contributed by atoms with van der Waals surface area (Å²) in [5.41, 5.74) is 1.21. The standard InChI is InChI=1S/C15H19N3OS/c1-2-8-16-15(14-10-17-18-20-14)11-4-3-5-13(9-11)19-12-6-7-12/h3-5,9-10,12,15-16H,2,6-8H2,1H3. The fourth-order valence-electron chi connectivity index (χ4n) is 2.12. The molecule has 0 amide bonds. The molecule has 0 aliphatic heterocycles. The maximum atomic E-state index is 5.88. The van der Waals surface area contributed by atoms with Gasteiger partial charge in [-0.3, -0.25) is 0 Å². The summed E-state index contributed by atoms with van der Waals surface area (Å²) in [7, 11) is 0. The Morgan fingerprint density at radius 3 is 3.05 bits per heavy atom. The Labute approximate surface area is 123 Å². The summed E-state index contributed by atoms with van der Waals surface area (Å²) >= 11 is 1.44. The van der Waals surface area contributed by atoms with E-state index >= 15 is 0 Å². The molecule has 0 radical (unpaired) electrons. The molecule has 0 spiro atoms. The molecule has 1 aliphatic carbocycles. The molecule has 1 aliphatic rings. The molecule has 106 valence electrons. The molecule has 1 heterocycles. The Balaban J connectivity index is 1.81. The molecule has 5 heteroatoms. The number of rotatable bonds is 7. The number of benzene rings is 1. The van der Waals surface area contributed by atoms with Crippen molar-refractivity contribution < 1.29 is 4.74 Å². The Morgan fingerprint density at radius 2 is 2.35 bits per heavy atom. The van der Waals surface area contributed by atoms with Gasteiger partial charge in [0.1, 0.15) is 5.75 Å². The zero-order valence-corrected chi connectivity index (χ0v) is 12.4. The van der Waals surface area contributed by atoms with E-state index in [1.807, 2.05) is 12.3 Å². The van der Waals surface area contributed by atoms with Crippen LogP contribution in [-0.4, -0.2) is 22.2 Å². The SMILES string of the molecule is CCCNC(c1cccc(OC2CC2)c1)c1cnns1. The predicted octanol–water partition coefficient (Wildman–Crippen LogP) is 3.17. The molecule has 2 aromatic rings. The summed E-state index contributed by atoms with van der Waals surface area (Å²) in [6, 6.07) is 8.50. The third-order valence-corrected chi connectivity index (χ3v) is 4.01. The van der Waals surface area contributed by atoms with E-state index in [1.165, 1.54) is 29.9 Å². The van der Waals surface area contributed by atoms with Crippen molar-refractivity contribution in [2.45, 2.75) is 38.3 Å². The summed E-state index contributed by atoms with van der Waals surface area (Å²) in [4.78, 5) is 1.14. The molecule has 1 aromatic carbocycles. The van der Waals surface area contributed by atoms with Crippen LogP contribution in [0.15, 0.2) is 30.5 Å². The van der Waals surface area contributed by atoms with Crippen molar-refractivity contribution in [3.05, 3.63) is 40.9 Å². The van der Waals surface area contributed by atoms with Crippen molar-refractivity contribution in [3.8, 4) is 5.75 Å². The molecule has 1 saturated carbocycles. The van der Waals surface area contributed by atoms with Gasteiger partial charge < -0.3 is 10.1 Å². The highest BCUT2D eigenvalue weighted by atomic mass is 32.1. The zero-order valence-electron chi connectivity index (χ0n) is 11.6. The fraction of sp³-hybridized carbons (Fsp3) is 0.467. The predicted molar refractivity (Wildman–Crippen MR) is 80.1 cm³/mol. The van der Waals surface area contributed by atoms with Gasteiger partial charge in [0.05, 0.1) is 23.2 Å². The summed E-state index contributed by atoms with van der Waals surface area (Å²) in [5.74, 6) is 0.964. The normalized spacial score (nSPS) is 16.1. The van der Waals surface area contributed by atoms with Crippen LogP contribution in [-0.2, 0) is 0 Å². The van der Waals surface area contributed by atoms with Gasteiger partial charge >= 0.3 is 0 Å². The highest BCUT2D eigenvalue weighted by molar-refractivity contribution is 7.05. The quantitative estimate of drug-likeness (QED) is 0.850. The Hall–Kier alpha value is -1.46. The van der Waals surface area contributed by atoms with E-state index < -0.39 is 0 Å². The van der Waals surface area contributed by atoms with Crippen molar-refractivity contribution in [1.29, 1.82) is 0 Å². The summed E-state index contributed by atoms with van der Waals surface area (Å²) in [6.07, 6.45) is 5.73. The van der Waals surface area contributed by atoms with Gasteiger partial charge in [0.25, 0.3) is 0 Å². The van der Waals surface area contributed by atoms with Gasteiger partial charge in [-0.05, 0) is 55.0 Å². The van der Waals surface area contributed by atoms with E-state index in [0.29, 0.717) is 6.10 Å².